The normalized spacial score (nSPS) is 13.9. The van der Waals surface area contributed by atoms with Crippen LogP contribution in [-0.2, 0) is 17.8 Å². The van der Waals surface area contributed by atoms with Crippen LogP contribution in [0, 0.1) is 0 Å². The van der Waals surface area contributed by atoms with E-state index in [1.54, 1.807) is 7.11 Å². The molecular weight excluding hydrogens is 514 g/mol. The molecule has 4 rings (SSSR count). The molecule has 1 aromatic heterocycles. The predicted molar refractivity (Wildman–Crippen MR) is 173 cm³/mol. The number of amides is 1. The number of anilines is 3. The average molecular weight is 558 g/mol. The first-order valence-electron chi connectivity index (χ1n) is 14.0. The molecule has 1 amide bonds. The summed E-state index contributed by atoms with van der Waals surface area (Å²) in [7, 11) is 9.69. The molecule has 1 atom stereocenters. The Hall–Kier alpha value is -4.24. The molecule has 218 valence electrons. The predicted octanol–water partition coefficient (Wildman–Crippen LogP) is 4.81. The van der Waals surface area contributed by atoms with Crippen molar-refractivity contribution in [3.8, 4) is 5.75 Å². The summed E-state index contributed by atoms with van der Waals surface area (Å²) in [5, 5.41) is 10.9. The van der Waals surface area contributed by atoms with E-state index >= 15 is 0 Å². The molecule has 0 spiro atoms. The van der Waals surface area contributed by atoms with Gasteiger partial charge in [0, 0.05) is 73.4 Å². The average Bonchev–Trinajstić information content (AvgIpc) is 3.56. The van der Waals surface area contributed by atoms with Crippen LogP contribution in [0.1, 0.15) is 24.6 Å². The van der Waals surface area contributed by atoms with Gasteiger partial charge in [-0.15, -0.1) is 0 Å². The van der Waals surface area contributed by atoms with E-state index in [0.29, 0.717) is 18.1 Å². The Kier molecular flexibility index (Phi) is 9.73. The topological polar surface area (TPSA) is 86.2 Å². The molecule has 3 N–H and O–H groups in total. The first-order chi connectivity index (χ1) is 19.8. The standard InChI is InChI=1S/C32H43N7O2/c1-8-31(40)36-25-18-26(30(41-7)19-29(25)38(6)22(2)20-37(4)5)35-21-34-16-15-24(33-3)32-23-12-9-10-13-27(23)39-17-11-14-28(32)39/h8-10,12-13,15-16,18-19,22,33,35H,1,11,14,17,20-21H2,2-7H3,(H,36,40)/b24-15-,34-16-. The van der Waals surface area contributed by atoms with Gasteiger partial charge in [0.25, 0.3) is 0 Å². The third-order valence-corrected chi connectivity index (χ3v) is 7.55. The van der Waals surface area contributed by atoms with Crippen molar-refractivity contribution in [3.63, 3.8) is 0 Å². The molecule has 41 heavy (non-hydrogen) atoms. The van der Waals surface area contributed by atoms with Crippen molar-refractivity contribution < 1.29 is 9.53 Å². The van der Waals surface area contributed by atoms with E-state index < -0.39 is 0 Å². The van der Waals surface area contributed by atoms with E-state index in [9.17, 15) is 4.79 Å². The zero-order valence-electron chi connectivity index (χ0n) is 25.1. The first kappa shape index (κ1) is 29.7. The number of hydrogen-bond acceptors (Lipinski definition) is 7. The summed E-state index contributed by atoms with van der Waals surface area (Å²) < 4.78 is 8.16. The number of para-hydroxylation sites is 1. The Balaban J connectivity index is 1.55. The maximum absolute atomic E-state index is 12.3. The van der Waals surface area contributed by atoms with Gasteiger partial charge in [-0.25, -0.2) is 0 Å². The molecule has 0 saturated carbocycles. The molecule has 1 aliphatic rings. The zero-order valence-corrected chi connectivity index (χ0v) is 25.1. The lowest BCUT2D eigenvalue weighted by atomic mass is 10.0. The number of nitrogens with one attached hydrogen (secondary N) is 3. The number of fused-ring (bicyclic) bond motifs is 3. The summed E-state index contributed by atoms with van der Waals surface area (Å²) in [5.74, 6) is 0.390. The SMILES string of the molecule is C=CC(=O)Nc1cc(NC/N=C\C=C(/NC)c2c3n(c4ccccc24)CCC3)c(OC)cc1N(C)C(C)CN(C)C. The summed E-state index contributed by atoms with van der Waals surface area (Å²) in [5.41, 5.74) is 7.22. The second-order valence-electron chi connectivity index (χ2n) is 10.6. The zero-order chi connectivity index (χ0) is 29.5. The number of aliphatic imine (C=N–C) groups is 1. The van der Waals surface area contributed by atoms with E-state index in [-0.39, 0.29) is 11.9 Å². The van der Waals surface area contributed by atoms with Crippen LogP contribution in [0.5, 0.6) is 5.75 Å². The smallest absolute Gasteiger partial charge is 0.247 e. The number of ether oxygens (including phenoxy) is 1. The van der Waals surface area contributed by atoms with Gasteiger partial charge in [-0.05, 0) is 58.1 Å². The molecule has 9 heteroatoms. The lowest BCUT2D eigenvalue weighted by Crippen LogP contribution is -2.38. The van der Waals surface area contributed by atoms with Crippen molar-refractivity contribution in [2.75, 3.05) is 64.0 Å². The van der Waals surface area contributed by atoms with Gasteiger partial charge in [-0.3, -0.25) is 9.79 Å². The van der Waals surface area contributed by atoms with E-state index in [1.165, 1.54) is 34.7 Å². The van der Waals surface area contributed by atoms with Crippen molar-refractivity contribution in [3.05, 3.63) is 66.4 Å². The van der Waals surface area contributed by atoms with Crippen molar-refractivity contribution in [1.82, 2.24) is 14.8 Å². The van der Waals surface area contributed by atoms with E-state index in [1.807, 2.05) is 52.6 Å². The highest BCUT2D eigenvalue weighted by molar-refractivity contribution is 6.02. The van der Waals surface area contributed by atoms with Crippen molar-refractivity contribution >= 4 is 45.8 Å². The quantitative estimate of drug-likeness (QED) is 0.207. The van der Waals surface area contributed by atoms with Crippen molar-refractivity contribution in [2.24, 2.45) is 4.99 Å². The van der Waals surface area contributed by atoms with Gasteiger partial charge in [-0.2, -0.15) is 0 Å². The lowest BCUT2D eigenvalue weighted by Gasteiger charge is -2.31. The van der Waals surface area contributed by atoms with Crippen LogP contribution in [0.3, 0.4) is 0 Å². The summed E-state index contributed by atoms with van der Waals surface area (Å²) >= 11 is 0. The Labute approximate surface area is 243 Å². The van der Waals surface area contributed by atoms with Gasteiger partial charge in [0.1, 0.15) is 12.4 Å². The fourth-order valence-corrected chi connectivity index (χ4v) is 5.52. The highest BCUT2D eigenvalue weighted by Gasteiger charge is 2.22. The number of aryl methyl sites for hydroxylation is 1. The number of carbonyl (C=O) groups excluding carboxylic acids is 1. The van der Waals surface area contributed by atoms with Crippen molar-refractivity contribution in [1.29, 1.82) is 0 Å². The first-order valence-corrected chi connectivity index (χ1v) is 14.0. The molecule has 0 aliphatic carbocycles. The van der Waals surface area contributed by atoms with Gasteiger partial charge < -0.3 is 35.1 Å². The Morgan fingerprint density at radius 2 is 2.00 bits per heavy atom. The minimum atomic E-state index is -0.275. The molecule has 2 heterocycles. The maximum Gasteiger partial charge on any atom is 0.247 e. The van der Waals surface area contributed by atoms with Gasteiger partial charge in [0.2, 0.25) is 5.91 Å². The van der Waals surface area contributed by atoms with Crippen LogP contribution in [0.25, 0.3) is 16.6 Å². The van der Waals surface area contributed by atoms with E-state index in [0.717, 1.165) is 36.6 Å². The number of aromatic nitrogens is 1. The Morgan fingerprint density at radius 1 is 1.22 bits per heavy atom. The molecule has 1 unspecified atom stereocenters. The third-order valence-electron chi connectivity index (χ3n) is 7.55. The van der Waals surface area contributed by atoms with Crippen LogP contribution < -0.4 is 25.6 Å². The lowest BCUT2D eigenvalue weighted by molar-refractivity contribution is -0.111. The van der Waals surface area contributed by atoms with Crippen LogP contribution in [0.2, 0.25) is 0 Å². The summed E-state index contributed by atoms with van der Waals surface area (Å²) in [6, 6.07) is 12.6. The molecule has 3 aromatic rings. The molecule has 0 saturated heterocycles. The molecule has 0 fully saturated rings. The Bertz CT molecular complexity index is 1450. The third kappa shape index (κ3) is 6.57. The molecule has 9 nitrogen and oxygen atoms in total. The number of likely N-dealkylation sites (N-methyl/N-ethyl adjacent to an activating group) is 2. The van der Waals surface area contributed by atoms with Gasteiger partial charge in [0.15, 0.2) is 0 Å². The monoisotopic (exact) mass is 557 g/mol. The molecular formula is C32H43N7O2. The number of nitrogens with zero attached hydrogens (tertiary/aromatic N) is 4. The second-order valence-corrected chi connectivity index (χ2v) is 10.6. The molecule has 1 aliphatic heterocycles. The number of hydrogen-bond donors (Lipinski definition) is 3. The fraction of sp³-hybridized carbons (Fsp3) is 0.375. The summed E-state index contributed by atoms with van der Waals surface area (Å²) in [4.78, 5) is 21.1. The minimum absolute atomic E-state index is 0.199. The number of rotatable bonds is 13. The van der Waals surface area contributed by atoms with Gasteiger partial charge in [0.05, 0.1) is 24.2 Å². The van der Waals surface area contributed by atoms with Crippen LogP contribution in [0.4, 0.5) is 17.1 Å². The maximum atomic E-state index is 12.3. The largest absolute Gasteiger partial charge is 0.495 e. The summed E-state index contributed by atoms with van der Waals surface area (Å²) in [6.45, 7) is 7.99. The number of benzene rings is 2. The number of methoxy groups -OCH3 is 1. The van der Waals surface area contributed by atoms with Crippen molar-refractivity contribution in [2.45, 2.75) is 32.4 Å². The van der Waals surface area contributed by atoms with E-state index in [4.69, 9.17) is 4.74 Å². The molecule has 0 bridgehead atoms. The minimum Gasteiger partial charge on any atom is -0.495 e. The van der Waals surface area contributed by atoms with Gasteiger partial charge in [-0.1, -0.05) is 24.8 Å². The highest BCUT2D eigenvalue weighted by atomic mass is 16.5. The van der Waals surface area contributed by atoms with Crippen LogP contribution in [0.15, 0.2) is 60.1 Å². The second kappa shape index (κ2) is 13.4. The number of carbonyl (C=O) groups is 1. The molecule has 0 radical (unpaired) electrons. The Morgan fingerprint density at radius 3 is 2.71 bits per heavy atom. The van der Waals surface area contributed by atoms with Crippen LogP contribution in [-0.4, -0.2) is 76.1 Å². The van der Waals surface area contributed by atoms with E-state index in [2.05, 4.69) is 73.1 Å². The highest BCUT2D eigenvalue weighted by Crippen LogP contribution is 2.38. The molecule has 2 aromatic carbocycles. The van der Waals surface area contributed by atoms with Gasteiger partial charge >= 0.3 is 0 Å². The fourth-order valence-electron chi connectivity index (χ4n) is 5.52. The summed E-state index contributed by atoms with van der Waals surface area (Å²) in [6.07, 6.45) is 7.36. The van der Waals surface area contributed by atoms with Crippen LogP contribution >= 0.6 is 0 Å². The number of allylic oxidation sites excluding steroid dienone is 1.